The van der Waals surface area contributed by atoms with Crippen molar-refractivity contribution in [3.8, 4) is 23.0 Å². The number of methoxy groups -OCH3 is 2. The molecule has 22 heteroatoms. The standard InChI is InChI=1S/C38H54O22/c1-52-21-8-17(4-5-19(21)42)33-18(12-54-13-25-28(45)34(50)38(14-41,59-25)60-36-32(49)30(47)27(44)24(11-40)58-36)37(51,15-55-33)9-16-3-6-20(22(7-16)53-2)56-35-31(48)29(46)26(43)23(10-39)57-35/h3-8,18,23-36,39-51H,9-15H2,1-2H3/t18-,23-,24-,25-,26-,27-,28-,29+,30+,31-,32-,33-,34+,35-,36+,37-,38+/m1/s1. The van der Waals surface area contributed by atoms with Gasteiger partial charge in [-0.15, -0.1) is 0 Å². The fourth-order valence-electron chi connectivity index (χ4n) is 7.86. The predicted molar refractivity (Wildman–Crippen MR) is 195 cm³/mol. The van der Waals surface area contributed by atoms with Crippen LogP contribution in [0.4, 0.5) is 0 Å². The van der Waals surface area contributed by atoms with Crippen LogP contribution in [0.15, 0.2) is 36.4 Å². The van der Waals surface area contributed by atoms with Crippen LogP contribution >= 0.6 is 0 Å². The Kier molecular flexibility index (Phi) is 14.8. The number of benzene rings is 2. The van der Waals surface area contributed by atoms with E-state index in [1.807, 2.05) is 0 Å². The summed E-state index contributed by atoms with van der Waals surface area (Å²) in [6, 6.07) is 9.08. The summed E-state index contributed by atoms with van der Waals surface area (Å²) >= 11 is 0. The molecule has 4 saturated heterocycles. The summed E-state index contributed by atoms with van der Waals surface area (Å²) in [6.45, 7) is -3.51. The van der Waals surface area contributed by atoms with Gasteiger partial charge in [0.25, 0.3) is 0 Å². The molecule has 0 bridgehead atoms. The van der Waals surface area contributed by atoms with Gasteiger partial charge in [0, 0.05) is 12.3 Å². The average molecular weight is 863 g/mol. The second kappa shape index (κ2) is 19.1. The minimum Gasteiger partial charge on any atom is -0.504 e. The van der Waals surface area contributed by atoms with Crippen molar-refractivity contribution in [2.45, 2.75) is 104 Å². The van der Waals surface area contributed by atoms with E-state index < -0.39 is 130 Å². The smallest absolute Gasteiger partial charge is 0.229 e. The van der Waals surface area contributed by atoms with E-state index in [0.29, 0.717) is 11.1 Å². The Balaban J connectivity index is 1.19. The highest BCUT2D eigenvalue weighted by molar-refractivity contribution is 5.45. The van der Waals surface area contributed by atoms with Gasteiger partial charge in [0.2, 0.25) is 12.1 Å². The van der Waals surface area contributed by atoms with E-state index >= 15 is 0 Å². The van der Waals surface area contributed by atoms with Crippen LogP contribution < -0.4 is 14.2 Å². The van der Waals surface area contributed by atoms with E-state index in [1.165, 1.54) is 32.4 Å². The summed E-state index contributed by atoms with van der Waals surface area (Å²) in [5.41, 5.74) is -0.686. The molecule has 17 atom stereocenters. The molecule has 60 heavy (non-hydrogen) atoms. The topological polar surface area (TPSA) is 346 Å². The van der Waals surface area contributed by atoms with Gasteiger partial charge in [0.15, 0.2) is 29.3 Å². The number of aliphatic hydroxyl groups is 12. The number of hydrogen-bond donors (Lipinski definition) is 13. The van der Waals surface area contributed by atoms with Gasteiger partial charge in [0.1, 0.15) is 73.8 Å². The highest BCUT2D eigenvalue weighted by Gasteiger charge is 2.59. The minimum atomic E-state index is -2.43. The molecule has 4 aliphatic rings. The number of phenols is 1. The van der Waals surface area contributed by atoms with Crippen molar-refractivity contribution in [1.29, 1.82) is 0 Å². The van der Waals surface area contributed by atoms with Gasteiger partial charge in [-0.05, 0) is 35.4 Å². The summed E-state index contributed by atoms with van der Waals surface area (Å²) in [5, 5.41) is 136. The molecular formula is C38H54O22. The van der Waals surface area contributed by atoms with Gasteiger partial charge in [-0.1, -0.05) is 12.1 Å². The average Bonchev–Trinajstić information content (AvgIpc) is 3.69. The quantitative estimate of drug-likeness (QED) is 0.0751. The number of ether oxygens (including phenoxy) is 9. The molecule has 0 saturated carbocycles. The number of hydrogen-bond acceptors (Lipinski definition) is 22. The van der Waals surface area contributed by atoms with Crippen LogP contribution in [0.1, 0.15) is 17.2 Å². The molecule has 4 heterocycles. The lowest BCUT2D eigenvalue weighted by atomic mass is 9.80. The summed E-state index contributed by atoms with van der Waals surface area (Å²) < 4.78 is 50.9. The number of aromatic hydroxyl groups is 1. The number of phenolic OH excluding ortho intramolecular Hbond substituents is 1. The second-order valence-corrected chi connectivity index (χ2v) is 15.3. The first-order valence-corrected chi connectivity index (χ1v) is 19.1. The third-order valence-corrected chi connectivity index (χ3v) is 11.4. The van der Waals surface area contributed by atoms with Crippen molar-refractivity contribution in [1.82, 2.24) is 0 Å². The normalized spacial score (nSPS) is 40.7. The molecule has 0 radical (unpaired) electrons. The van der Waals surface area contributed by atoms with Crippen LogP contribution in [0.2, 0.25) is 0 Å². The molecule has 4 fully saturated rings. The third kappa shape index (κ3) is 9.04. The van der Waals surface area contributed by atoms with Crippen molar-refractivity contribution >= 4 is 0 Å². The Hall–Kier alpha value is -3.08. The first-order valence-electron chi connectivity index (χ1n) is 19.1. The number of aliphatic hydroxyl groups excluding tert-OH is 11. The van der Waals surface area contributed by atoms with Gasteiger partial charge in [-0.25, -0.2) is 0 Å². The minimum absolute atomic E-state index is 0.0565. The fourth-order valence-corrected chi connectivity index (χ4v) is 7.86. The fraction of sp³-hybridized carbons (Fsp3) is 0.684. The summed E-state index contributed by atoms with van der Waals surface area (Å²) in [5.74, 6) is -3.16. The molecular weight excluding hydrogens is 808 g/mol. The molecule has 0 spiro atoms. The molecule has 6 rings (SSSR count). The first kappa shape index (κ1) is 46.4. The number of rotatable bonds is 16. The maximum atomic E-state index is 12.3. The van der Waals surface area contributed by atoms with Crippen LogP contribution in [0.3, 0.4) is 0 Å². The van der Waals surface area contributed by atoms with Crippen molar-refractivity contribution in [3.63, 3.8) is 0 Å². The zero-order valence-corrected chi connectivity index (χ0v) is 32.6. The zero-order valence-electron chi connectivity index (χ0n) is 32.6. The molecule has 4 aliphatic heterocycles. The first-order chi connectivity index (χ1) is 28.5. The Morgan fingerprint density at radius 1 is 0.683 bits per heavy atom. The largest absolute Gasteiger partial charge is 0.504 e. The monoisotopic (exact) mass is 862 g/mol. The predicted octanol–water partition coefficient (Wildman–Crippen LogP) is -5.11. The van der Waals surface area contributed by atoms with Crippen LogP contribution in [0.5, 0.6) is 23.0 Å². The molecule has 0 aliphatic carbocycles. The SMILES string of the molecule is COc1cc([C@H]2OC[C@](O)(Cc3ccc(O[C@@H]4O[C@H](CO)[C@@H](O)[C@H](O)[C@H]4O)c(OC)c3)[C@@H]2COC[C@H]2O[C@@](CO)(O[C@@H]3O[C@H](CO)[C@@H](O)[C@H](O)[C@H]3O)[C@@H](O)[C@@H]2O)ccc1O. The van der Waals surface area contributed by atoms with Gasteiger partial charge in [0.05, 0.1) is 59.0 Å². The Morgan fingerprint density at radius 2 is 1.32 bits per heavy atom. The van der Waals surface area contributed by atoms with Crippen LogP contribution in [0.25, 0.3) is 0 Å². The van der Waals surface area contributed by atoms with Crippen molar-refractivity contribution < 1.29 is 109 Å². The lowest BCUT2D eigenvalue weighted by Gasteiger charge is -2.43. The highest BCUT2D eigenvalue weighted by atomic mass is 16.8. The Morgan fingerprint density at radius 3 is 1.93 bits per heavy atom. The van der Waals surface area contributed by atoms with E-state index in [9.17, 15) is 66.4 Å². The Labute approximate surface area is 342 Å². The second-order valence-electron chi connectivity index (χ2n) is 15.3. The maximum Gasteiger partial charge on any atom is 0.229 e. The van der Waals surface area contributed by atoms with Gasteiger partial charge >= 0.3 is 0 Å². The lowest BCUT2D eigenvalue weighted by Crippen LogP contribution is -2.62. The van der Waals surface area contributed by atoms with Crippen molar-refractivity contribution in [3.05, 3.63) is 47.5 Å². The highest BCUT2D eigenvalue weighted by Crippen LogP contribution is 2.46. The van der Waals surface area contributed by atoms with E-state index in [-0.39, 0.29) is 42.6 Å². The molecule has 338 valence electrons. The van der Waals surface area contributed by atoms with E-state index in [0.717, 1.165) is 0 Å². The Bertz CT molecular complexity index is 1720. The molecule has 2 aromatic carbocycles. The molecule has 0 aromatic heterocycles. The summed E-state index contributed by atoms with van der Waals surface area (Å²) in [6.07, 6.45) is -22.4. The third-order valence-electron chi connectivity index (χ3n) is 11.4. The van der Waals surface area contributed by atoms with Crippen LogP contribution in [-0.4, -0.2) is 211 Å². The zero-order chi connectivity index (χ0) is 43.7. The van der Waals surface area contributed by atoms with Crippen LogP contribution in [-0.2, 0) is 34.8 Å². The van der Waals surface area contributed by atoms with Gasteiger partial charge < -0.3 is 109 Å². The lowest BCUT2D eigenvalue weighted by molar-refractivity contribution is -0.383. The van der Waals surface area contributed by atoms with Crippen LogP contribution in [0, 0.1) is 5.92 Å². The molecule has 22 nitrogen and oxygen atoms in total. The van der Waals surface area contributed by atoms with Gasteiger partial charge in [-0.3, -0.25) is 0 Å². The summed E-state index contributed by atoms with van der Waals surface area (Å²) in [7, 11) is 2.70. The van der Waals surface area contributed by atoms with E-state index in [4.69, 9.17) is 42.6 Å². The van der Waals surface area contributed by atoms with Crippen molar-refractivity contribution in [2.24, 2.45) is 5.92 Å². The van der Waals surface area contributed by atoms with E-state index in [1.54, 1.807) is 18.2 Å². The maximum absolute atomic E-state index is 12.3. The van der Waals surface area contributed by atoms with E-state index in [2.05, 4.69) is 0 Å². The molecule has 13 N–H and O–H groups in total. The molecule has 0 unspecified atom stereocenters. The molecule has 0 amide bonds. The summed E-state index contributed by atoms with van der Waals surface area (Å²) in [4.78, 5) is 0. The van der Waals surface area contributed by atoms with Crippen molar-refractivity contribution in [2.75, 3.05) is 53.9 Å². The molecule has 2 aromatic rings. The van der Waals surface area contributed by atoms with Gasteiger partial charge in [-0.2, -0.15) is 0 Å².